The largest absolute Gasteiger partial charge is 0.507 e. The van der Waals surface area contributed by atoms with Crippen LogP contribution in [0, 0.1) is 0 Å². The molecule has 0 heterocycles. The van der Waals surface area contributed by atoms with Gasteiger partial charge in [-0.3, -0.25) is 4.79 Å². The summed E-state index contributed by atoms with van der Waals surface area (Å²) in [4.78, 5) is 12.2. The molecule has 0 aliphatic carbocycles. The molecule has 0 atom stereocenters. The number of phenols is 1. The van der Waals surface area contributed by atoms with Crippen LogP contribution in [0.3, 0.4) is 0 Å². The van der Waals surface area contributed by atoms with E-state index in [0.29, 0.717) is 29.9 Å². The number of ether oxygens (including phenoxy) is 1. The number of hydrogen-bond acceptors (Lipinski definition) is 4. The first-order chi connectivity index (χ1) is 11.7. The van der Waals surface area contributed by atoms with Gasteiger partial charge in [-0.15, -0.1) is 6.58 Å². The number of nitrogens with one attached hydrogen (secondary N) is 1. The molecular formula is C19H20N2O3. The van der Waals surface area contributed by atoms with E-state index in [1.54, 1.807) is 36.4 Å². The van der Waals surface area contributed by atoms with Gasteiger partial charge >= 0.3 is 0 Å². The fraction of sp³-hybridized carbons (Fsp3) is 0.158. The van der Waals surface area contributed by atoms with Gasteiger partial charge in [0.2, 0.25) is 0 Å². The van der Waals surface area contributed by atoms with Crippen molar-refractivity contribution in [2.24, 2.45) is 5.10 Å². The number of amides is 1. The summed E-state index contributed by atoms with van der Waals surface area (Å²) in [5.41, 5.74) is 4.12. The van der Waals surface area contributed by atoms with Crippen molar-refractivity contribution in [1.82, 2.24) is 5.43 Å². The fourth-order valence-electron chi connectivity index (χ4n) is 2.19. The van der Waals surface area contributed by atoms with E-state index in [1.165, 1.54) is 6.21 Å². The molecular weight excluding hydrogens is 304 g/mol. The molecule has 2 aromatic rings. The van der Waals surface area contributed by atoms with Gasteiger partial charge in [-0.2, -0.15) is 5.10 Å². The van der Waals surface area contributed by atoms with Gasteiger partial charge in [0.25, 0.3) is 5.91 Å². The van der Waals surface area contributed by atoms with Crippen molar-refractivity contribution < 1.29 is 14.6 Å². The summed E-state index contributed by atoms with van der Waals surface area (Å²) in [6.07, 6.45) is 3.67. The van der Waals surface area contributed by atoms with Crippen molar-refractivity contribution in [1.29, 1.82) is 0 Å². The molecule has 0 spiro atoms. The maximum Gasteiger partial charge on any atom is 0.275 e. The molecule has 1 amide bonds. The molecule has 2 aromatic carbocycles. The quantitative estimate of drug-likeness (QED) is 0.466. The molecule has 0 radical (unpaired) electrons. The Morgan fingerprint density at radius 2 is 2.08 bits per heavy atom. The van der Waals surface area contributed by atoms with Crippen LogP contribution < -0.4 is 10.2 Å². The second-order valence-corrected chi connectivity index (χ2v) is 4.98. The van der Waals surface area contributed by atoms with Crippen LogP contribution in [0.1, 0.15) is 28.4 Å². The normalized spacial score (nSPS) is 10.5. The number of carbonyl (C=O) groups is 1. The van der Waals surface area contributed by atoms with Crippen molar-refractivity contribution in [2.75, 3.05) is 6.61 Å². The van der Waals surface area contributed by atoms with Crippen LogP contribution in [0.25, 0.3) is 0 Å². The van der Waals surface area contributed by atoms with Gasteiger partial charge in [-0.05, 0) is 37.1 Å². The number of hydrogen-bond donors (Lipinski definition) is 2. The number of aromatic hydroxyl groups is 1. The number of carbonyl (C=O) groups excluding carboxylic acids is 1. The molecule has 0 aromatic heterocycles. The number of hydrazone groups is 1. The second-order valence-electron chi connectivity index (χ2n) is 4.98. The molecule has 0 unspecified atom stereocenters. The van der Waals surface area contributed by atoms with Crippen molar-refractivity contribution in [3.8, 4) is 11.5 Å². The molecule has 124 valence electrons. The number of phenolic OH excluding ortho intramolecular Hbond substituents is 1. The summed E-state index contributed by atoms with van der Waals surface area (Å²) in [5.74, 6) is 0.255. The Hall–Kier alpha value is -3.08. The highest BCUT2D eigenvalue weighted by molar-refractivity contribution is 5.97. The number of nitrogens with zero attached hydrogens (tertiary/aromatic N) is 1. The zero-order chi connectivity index (χ0) is 17.4. The zero-order valence-corrected chi connectivity index (χ0v) is 13.5. The Labute approximate surface area is 141 Å². The van der Waals surface area contributed by atoms with Gasteiger partial charge in [-0.1, -0.05) is 30.3 Å². The van der Waals surface area contributed by atoms with Gasteiger partial charge < -0.3 is 9.84 Å². The standard InChI is InChI=1S/C19H20N2O3/c1-3-8-14-9-7-10-15(18(14)22)13-20-21-19(23)16-11-5-6-12-17(16)24-4-2/h3,5-7,9-13,22H,1,4,8H2,2H3,(H,21,23)/b20-13+. The lowest BCUT2D eigenvalue weighted by Crippen LogP contribution is -2.18. The highest BCUT2D eigenvalue weighted by Gasteiger charge is 2.11. The molecule has 24 heavy (non-hydrogen) atoms. The minimum atomic E-state index is -0.378. The Balaban J connectivity index is 2.11. The molecule has 5 heteroatoms. The summed E-state index contributed by atoms with van der Waals surface area (Å²) in [7, 11) is 0. The SMILES string of the molecule is C=CCc1cccc(/C=N/NC(=O)c2ccccc2OCC)c1O. The van der Waals surface area contributed by atoms with E-state index >= 15 is 0 Å². The Morgan fingerprint density at radius 3 is 2.83 bits per heavy atom. The number of rotatable bonds is 7. The minimum Gasteiger partial charge on any atom is -0.507 e. The van der Waals surface area contributed by atoms with E-state index in [4.69, 9.17) is 4.74 Å². The smallest absolute Gasteiger partial charge is 0.275 e. The summed E-state index contributed by atoms with van der Waals surface area (Å²) < 4.78 is 5.42. The molecule has 0 aliphatic rings. The van der Waals surface area contributed by atoms with Crippen molar-refractivity contribution in [3.05, 3.63) is 71.8 Å². The Bertz CT molecular complexity index is 754. The molecule has 2 rings (SSSR count). The van der Waals surface area contributed by atoms with E-state index in [2.05, 4.69) is 17.1 Å². The predicted molar refractivity (Wildman–Crippen MR) is 94.7 cm³/mol. The molecule has 0 saturated heterocycles. The van der Waals surface area contributed by atoms with Gasteiger partial charge in [0.1, 0.15) is 11.5 Å². The lowest BCUT2D eigenvalue weighted by Gasteiger charge is -2.08. The number of allylic oxidation sites excluding steroid dienone is 1. The molecule has 2 N–H and O–H groups in total. The van der Waals surface area contributed by atoms with Crippen LogP contribution in [0.15, 0.2) is 60.2 Å². The molecule has 0 fully saturated rings. The van der Waals surface area contributed by atoms with Gasteiger partial charge in [-0.25, -0.2) is 5.43 Å². The van der Waals surface area contributed by atoms with E-state index < -0.39 is 0 Å². The van der Waals surface area contributed by atoms with Crippen LogP contribution in [0.5, 0.6) is 11.5 Å². The van der Waals surface area contributed by atoms with Crippen LogP contribution in [-0.2, 0) is 6.42 Å². The zero-order valence-electron chi connectivity index (χ0n) is 13.5. The van der Waals surface area contributed by atoms with Gasteiger partial charge in [0, 0.05) is 5.56 Å². The number of benzene rings is 2. The first-order valence-electron chi connectivity index (χ1n) is 7.64. The third-order valence-electron chi connectivity index (χ3n) is 3.32. The van der Waals surface area contributed by atoms with Crippen molar-refractivity contribution in [2.45, 2.75) is 13.3 Å². The first-order valence-corrected chi connectivity index (χ1v) is 7.64. The third kappa shape index (κ3) is 4.23. The summed E-state index contributed by atoms with van der Waals surface area (Å²) in [6.45, 7) is 5.98. The van der Waals surface area contributed by atoms with E-state index in [1.807, 2.05) is 19.1 Å². The molecule has 0 aliphatic heterocycles. The van der Waals surface area contributed by atoms with E-state index in [-0.39, 0.29) is 11.7 Å². The summed E-state index contributed by atoms with van der Waals surface area (Å²) in [5, 5.41) is 14.1. The number of para-hydroxylation sites is 2. The summed E-state index contributed by atoms with van der Waals surface area (Å²) >= 11 is 0. The highest BCUT2D eigenvalue weighted by atomic mass is 16.5. The maximum atomic E-state index is 12.2. The predicted octanol–water partition coefficient (Wildman–Crippen LogP) is 3.28. The molecule has 0 saturated carbocycles. The van der Waals surface area contributed by atoms with Crippen LogP contribution in [-0.4, -0.2) is 23.8 Å². The van der Waals surface area contributed by atoms with Gasteiger partial charge in [0.15, 0.2) is 0 Å². The summed E-state index contributed by atoms with van der Waals surface area (Å²) in [6, 6.07) is 12.3. The van der Waals surface area contributed by atoms with E-state index in [9.17, 15) is 9.90 Å². The topological polar surface area (TPSA) is 70.9 Å². The van der Waals surface area contributed by atoms with Gasteiger partial charge in [0.05, 0.1) is 18.4 Å². The minimum absolute atomic E-state index is 0.130. The monoisotopic (exact) mass is 324 g/mol. The lowest BCUT2D eigenvalue weighted by molar-refractivity contribution is 0.0951. The van der Waals surface area contributed by atoms with Crippen molar-refractivity contribution >= 4 is 12.1 Å². The lowest BCUT2D eigenvalue weighted by atomic mass is 10.1. The Kier molecular flexibility index (Phi) is 6.14. The third-order valence-corrected chi connectivity index (χ3v) is 3.32. The molecule has 5 nitrogen and oxygen atoms in total. The fourth-order valence-corrected chi connectivity index (χ4v) is 2.19. The van der Waals surface area contributed by atoms with Crippen molar-refractivity contribution in [3.63, 3.8) is 0 Å². The van der Waals surface area contributed by atoms with E-state index in [0.717, 1.165) is 5.56 Å². The highest BCUT2D eigenvalue weighted by Crippen LogP contribution is 2.21. The second kappa shape index (κ2) is 8.53. The van der Waals surface area contributed by atoms with Crippen LogP contribution in [0.2, 0.25) is 0 Å². The van der Waals surface area contributed by atoms with Crippen LogP contribution >= 0.6 is 0 Å². The first kappa shape index (κ1) is 17.3. The Morgan fingerprint density at radius 1 is 1.29 bits per heavy atom. The van der Waals surface area contributed by atoms with Crippen LogP contribution in [0.4, 0.5) is 0 Å². The maximum absolute atomic E-state index is 12.2. The average Bonchev–Trinajstić information content (AvgIpc) is 2.59. The average molecular weight is 324 g/mol. The molecule has 0 bridgehead atoms.